The second-order valence-electron chi connectivity index (χ2n) is 5.78. The molecule has 0 amide bonds. The zero-order chi connectivity index (χ0) is 18.8. The maximum absolute atomic E-state index is 12.8. The Kier molecular flexibility index (Phi) is 4.75. The van der Waals surface area contributed by atoms with Crippen LogP contribution in [0.15, 0.2) is 29.8 Å². The number of hydrogen-bond acceptors (Lipinski definition) is 6. The van der Waals surface area contributed by atoms with Crippen LogP contribution in [-0.2, 0) is 6.42 Å². The maximum Gasteiger partial charge on any atom is 0.203 e. The normalized spacial score (nSPS) is 14.3. The molecule has 26 heavy (non-hydrogen) atoms. The molecule has 0 aromatic heterocycles. The standard InChI is InChI=1S/C20H20O6/c1-23-16-6-5-11(8-15(16)21)7-12-9-14-13(18(12)22)10-17(24-2)20(26-4)19(14)25-3/h5-8,10,21H,9H2,1-4H3/b12-7+. The fourth-order valence-electron chi connectivity index (χ4n) is 3.15. The molecule has 136 valence electrons. The molecule has 0 atom stereocenters. The number of allylic oxidation sites excluding steroid dienone is 1. The lowest BCUT2D eigenvalue weighted by Crippen LogP contribution is -2.00. The van der Waals surface area contributed by atoms with E-state index in [-0.39, 0.29) is 11.5 Å². The van der Waals surface area contributed by atoms with Gasteiger partial charge in [0.05, 0.1) is 28.4 Å². The zero-order valence-corrected chi connectivity index (χ0v) is 15.1. The van der Waals surface area contributed by atoms with Gasteiger partial charge in [0.1, 0.15) is 0 Å². The molecule has 0 heterocycles. The van der Waals surface area contributed by atoms with E-state index < -0.39 is 0 Å². The molecule has 2 aromatic rings. The Morgan fingerprint density at radius 2 is 1.62 bits per heavy atom. The lowest BCUT2D eigenvalue weighted by atomic mass is 10.1. The van der Waals surface area contributed by atoms with Gasteiger partial charge < -0.3 is 24.1 Å². The van der Waals surface area contributed by atoms with Crippen molar-refractivity contribution >= 4 is 11.9 Å². The summed E-state index contributed by atoms with van der Waals surface area (Å²) in [5, 5.41) is 9.93. The molecule has 0 bridgehead atoms. The number of carbonyl (C=O) groups is 1. The van der Waals surface area contributed by atoms with Crippen LogP contribution in [-0.4, -0.2) is 39.3 Å². The number of fused-ring (bicyclic) bond motifs is 1. The number of ketones is 1. The minimum absolute atomic E-state index is 0.0192. The lowest BCUT2D eigenvalue weighted by molar-refractivity contribution is 0.104. The first-order chi connectivity index (χ1) is 12.5. The SMILES string of the molecule is COc1ccc(/C=C2\Cc3c(cc(OC)c(OC)c3OC)C2=O)cc1O. The first-order valence-electron chi connectivity index (χ1n) is 7.98. The summed E-state index contributed by atoms with van der Waals surface area (Å²) >= 11 is 0. The summed E-state index contributed by atoms with van der Waals surface area (Å²) in [6.07, 6.45) is 2.16. The number of aromatic hydroxyl groups is 1. The summed E-state index contributed by atoms with van der Waals surface area (Å²) in [5.74, 6) is 1.70. The minimum atomic E-state index is -0.102. The van der Waals surface area contributed by atoms with E-state index in [1.807, 2.05) is 0 Å². The summed E-state index contributed by atoms with van der Waals surface area (Å²) in [4.78, 5) is 12.8. The molecule has 0 spiro atoms. The van der Waals surface area contributed by atoms with E-state index in [1.165, 1.54) is 28.4 Å². The van der Waals surface area contributed by atoms with Crippen LogP contribution in [0.5, 0.6) is 28.7 Å². The van der Waals surface area contributed by atoms with Gasteiger partial charge in [-0.1, -0.05) is 6.07 Å². The van der Waals surface area contributed by atoms with Gasteiger partial charge in [0, 0.05) is 23.1 Å². The van der Waals surface area contributed by atoms with E-state index >= 15 is 0 Å². The molecule has 0 aliphatic heterocycles. The molecule has 6 heteroatoms. The fraction of sp³-hybridized carbons (Fsp3) is 0.250. The number of methoxy groups -OCH3 is 4. The molecule has 0 saturated heterocycles. The average Bonchev–Trinajstić information content (AvgIpc) is 2.95. The van der Waals surface area contributed by atoms with Crippen LogP contribution in [0, 0.1) is 0 Å². The Labute approximate surface area is 151 Å². The van der Waals surface area contributed by atoms with Gasteiger partial charge in [-0.3, -0.25) is 4.79 Å². The highest BCUT2D eigenvalue weighted by Crippen LogP contribution is 2.46. The van der Waals surface area contributed by atoms with Gasteiger partial charge in [0.2, 0.25) is 5.75 Å². The van der Waals surface area contributed by atoms with Gasteiger partial charge in [-0.2, -0.15) is 0 Å². The highest BCUT2D eigenvalue weighted by Gasteiger charge is 2.32. The summed E-state index contributed by atoms with van der Waals surface area (Å²) in [5.41, 5.74) is 2.60. The Bertz CT molecular complexity index is 898. The third kappa shape index (κ3) is 2.83. The second-order valence-corrected chi connectivity index (χ2v) is 5.78. The van der Waals surface area contributed by atoms with Crippen LogP contribution in [0.2, 0.25) is 0 Å². The van der Waals surface area contributed by atoms with Crippen molar-refractivity contribution in [1.29, 1.82) is 0 Å². The summed E-state index contributed by atoms with van der Waals surface area (Å²) in [6, 6.07) is 6.66. The van der Waals surface area contributed by atoms with Crippen LogP contribution in [0.4, 0.5) is 0 Å². The van der Waals surface area contributed by atoms with Crippen LogP contribution < -0.4 is 18.9 Å². The number of phenolic OH excluding ortho intramolecular Hbond substituents is 1. The number of ether oxygens (including phenoxy) is 4. The van der Waals surface area contributed by atoms with Crippen molar-refractivity contribution in [3.63, 3.8) is 0 Å². The van der Waals surface area contributed by atoms with E-state index in [0.717, 1.165) is 5.56 Å². The van der Waals surface area contributed by atoms with E-state index in [0.29, 0.717) is 46.1 Å². The summed E-state index contributed by atoms with van der Waals surface area (Å²) < 4.78 is 21.2. The van der Waals surface area contributed by atoms with Gasteiger partial charge >= 0.3 is 0 Å². The van der Waals surface area contributed by atoms with Crippen molar-refractivity contribution < 1.29 is 28.8 Å². The number of Topliss-reactive ketones (excluding diaryl/α,β-unsaturated/α-hetero) is 1. The predicted octanol–water partition coefficient (Wildman–Crippen LogP) is 3.25. The molecule has 1 aliphatic carbocycles. The third-order valence-corrected chi connectivity index (χ3v) is 4.38. The largest absolute Gasteiger partial charge is 0.504 e. The third-order valence-electron chi connectivity index (χ3n) is 4.38. The monoisotopic (exact) mass is 356 g/mol. The van der Waals surface area contributed by atoms with E-state index in [1.54, 1.807) is 30.3 Å². The van der Waals surface area contributed by atoms with E-state index in [9.17, 15) is 9.90 Å². The van der Waals surface area contributed by atoms with Crippen molar-refractivity contribution in [1.82, 2.24) is 0 Å². The first-order valence-corrected chi connectivity index (χ1v) is 7.98. The first kappa shape index (κ1) is 17.7. The zero-order valence-electron chi connectivity index (χ0n) is 15.1. The molecular formula is C20H20O6. The quantitative estimate of drug-likeness (QED) is 0.829. The van der Waals surface area contributed by atoms with Crippen molar-refractivity contribution in [2.75, 3.05) is 28.4 Å². The molecule has 1 N–H and O–H groups in total. The van der Waals surface area contributed by atoms with Crippen LogP contribution in [0.1, 0.15) is 21.5 Å². The summed E-state index contributed by atoms with van der Waals surface area (Å²) in [7, 11) is 6.06. The number of carbonyl (C=O) groups excluding carboxylic acids is 1. The van der Waals surface area contributed by atoms with Crippen molar-refractivity contribution in [2.24, 2.45) is 0 Å². The highest BCUT2D eigenvalue weighted by molar-refractivity contribution is 6.16. The van der Waals surface area contributed by atoms with Gasteiger partial charge in [-0.05, 0) is 29.8 Å². The predicted molar refractivity (Wildman–Crippen MR) is 96.8 cm³/mol. The Hall–Kier alpha value is -3.15. The smallest absolute Gasteiger partial charge is 0.203 e. The molecule has 2 aromatic carbocycles. The van der Waals surface area contributed by atoms with Gasteiger partial charge in [0.25, 0.3) is 0 Å². The second kappa shape index (κ2) is 7.00. The Balaban J connectivity index is 2.06. The van der Waals surface area contributed by atoms with Crippen molar-refractivity contribution in [2.45, 2.75) is 6.42 Å². The van der Waals surface area contributed by atoms with Crippen molar-refractivity contribution in [3.05, 3.63) is 46.5 Å². The maximum atomic E-state index is 12.8. The van der Waals surface area contributed by atoms with E-state index in [4.69, 9.17) is 18.9 Å². The average molecular weight is 356 g/mol. The topological polar surface area (TPSA) is 74.2 Å². The molecule has 0 unspecified atom stereocenters. The van der Waals surface area contributed by atoms with Crippen molar-refractivity contribution in [3.8, 4) is 28.7 Å². The molecule has 6 nitrogen and oxygen atoms in total. The summed E-state index contributed by atoms with van der Waals surface area (Å²) in [6.45, 7) is 0. The molecule has 0 saturated carbocycles. The number of phenols is 1. The number of rotatable bonds is 5. The Morgan fingerprint density at radius 1 is 0.923 bits per heavy atom. The molecule has 0 fully saturated rings. The lowest BCUT2D eigenvalue weighted by Gasteiger charge is -2.15. The van der Waals surface area contributed by atoms with Gasteiger partial charge in [0.15, 0.2) is 28.8 Å². The van der Waals surface area contributed by atoms with Crippen LogP contribution in [0.25, 0.3) is 6.08 Å². The van der Waals surface area contributed by atoms with Crippen LogP contribution >= 0.6 is 0 Å². The van der Waals surface area contributed by atoms with Gasteiger partial charge in [-0.25, -0.2) is 0 Å². The molecule has 1 aliphatic rings. The van der Waals surface area contributed by atoms with Gasteiger partial charge in [-0.15, -0.1) is 0 Å². The molecule has 3 rings (SSSR count). The molecular weight excluding hydrogens is 336 g/mol. The minimum Gasteiger partial charge on any atom is -0.504 e. The molecule has 0 radical (unpaired) electrons. The fourth-order valence-corrected chi connectivity index (χ4v) is 3.15. The number of hydrogen-bond donors (Lipinski definition) is 1. The van der Waals surface area contributed by atoms with E-state index in [2.05, 4.69) is 0 Å². The Morgan fingerprint density at radius 3 is 2.19 bits per heavy atom. The highest BCUT2D eigenvalue weighted by atomic mass is 16.5. The number of benzene rings is 2. The van der Waals surface area contributed by atoms with Crippen LogP contribution in [0.3, 0.4) is 0 Å².